The lowest BCUT2D eigenvalue weighted by atomic mass is 9.95. The number of aromatic nitrogens is 4. The van der Waals surface area contributed by atoms with E-state index >= 15 is 0 Å². The molecule has 1 amide bonds. The molecule has 1 aliphatic rings. The van der Waals surface area contributed by atoms with E-state index in [0.717, 1.165) is 71.3 Å². The van der Waals surface area contributed by atoms with Crippen LogP contribution in [0.5, 0.6) is 0 Å². The minimum atomic E-state index is -0.229. The molecule has 0 spiro atoms. The lowest BCUT2D eigenvalue weighted by Crippen LogP contribution is -2.42. The van der Waals surface area contributed by atoms with Gasteiger partial charge in [-0.1, -0.05) is 42.5 Å². The number of rotatable bonds is 10. The van der Waals surface area contributed by atoms with Crippen molar-refractivity contribution >= 4 is 27.8 Å². The van der Waals surface area contributed by atoms with Gasteiger partial charge in [0.2, 0.25) is 5.91 Å². The quantitative estimate of drug-likeness (QED) is 0.215. The number of carbonyl (C=O) groups is 1. The standard InChI is InChI=1S/C34H40N6O2/c1-23-6-3-8-31-33(23)37-34(40(31)16-5-17-42-2)27-7-4-15-39(22-27)32(41)20-29(35)18-24-9-11-25(12-10-24)26-13-14-30-28(19-26)21-36-38-30/h3,6,8-14,19,21,27,29H,4-5,7,15-18,20,22,35H2,1-2H3,(H,36,38)/t27-,29-/m1/s1. The summed E-state index contributed by atoms with van der Waals surface area (Å²) in [7, 11) is 1.74. The van der Waals surface area contributed by atoms with Crippen molar-refractivity contribution in [2.45, 2.75) is 57.5 Å². The number of nitrogens with zero attached hydrogens (tertiary/aromatic N) is 4. The topological polar surface area (TPSA) is 102 Å². The fraction of sp³-hybridized carbons (Fsp3) is 0.382. The number of imidazole rings is 1. The largest absolute Gasteiger partial charge is 0.385 e. The Balaban J connectivity index is 1.09. The third-order valence-electron chi connectivity index (χ3n) is 8.54. The molecule has 3 aromatic carbocycles. The van der Waals surface area contributed by atoms with E-state index in [4.69, 9.17) is 15.5 Å². The van der Waals surface area contributed by atoms with Crippen LogP contribution in [0.4, 0.5) is 0 Å². The van der Waals surface area contributed by atoms with Crippen molar-refractivity contribution < 1.29 is 9.53 Å². The van der Waals surface area contributed by atoms with Crippen LogP contribution in [0.2, 0.25) is 0 Å². The number of para-hydroxylation sites is 1. The molecule has 8 heteroatoms. The van der Waals surface area contributed by atoms with Crippen LogP contribution >= 0.6 is 0 Å². The van der Waals surface area contributed by atoms with E-state index in [9.17, 15) is 4.79 Å². The molecule has 0 radical (unpaired) electrons. The number of nitrogens with one attached hydrogen (secondary N) is 1. The molecule has 1 aliphatic heterocycles. The number of likely N-dealkylation sites (tertiary alicyclic amines) is 1. The van der Waals surface area contributed by atoms with E-state index < -0.39 is 0 Å². The van der Waals surface area contributed by atoms with E-state index in [1.807, 2.05) is 11.1 Å². The second-order valence-electron chi connectivity index (χ2n) is 11.6. The van der Waals surface area contributed by atoms with Gasteiger partial charge in [-0.3, -0.25) is 9.89 Å². The van der Waals surface area contributed by atoms with Gasteiger partial charge in [-0.25, -0.2) is 4.98 Å². The molecule has 6 rings (SSSR count). The predicted molar refractivity (Wildman–Crippen MR) is 167 cm³/mol. The Morgan fingerprint density at radius 3 is 2.81 bits per heavy atom. The molecule has 0 aliphatic carbocycles. The number of benzene rings is 3. The second kappa shape index (κ2) is 12.5. The summed E-state index contributed by atoms with van der Waals surface area (Å²) in [5.41, 5.74) is 14.4. The van der Waals surface area contributed by atoms with Gasteiger partial charge < -0.3 is 19.9 Å². The lowest BCUT2D eigenvalue weighted by molar-refractivity contribution is -0.132. The third-order valence-corrected chi connectivity index (χ3v) is 8.54. The molecule has 0 bridgehead atoms. The average molecular weight is 565 g/mol. The zero-order chi connectivity index (χ0) is 29.1. The monoisotopic (exact) mass is 564 g/mol. The van der Waals surface area contributed by atoms with E-state index in [0.29, 0.717) is 26.0 Å². The van der Waals surface area contributed by atoms with Crippen LogP contribution in [0, 0.1) is 6.92 Å². The van der Waals surface area contributed by atoms with E-state index in [2.05, 4.69) is 82.4 Å². The average Bonchev–Trinajstić information content (AvgIpc) is 3.63. The summed E-state index contributed by atoms with van der Waals surface area (Å²) in [6, 6.07) is 20.9. The number of piperidine rings is 1. The Hall–Kier alpha value is -4.01. The summed E-state index contributed by atoms with van der Waals surface area (Å²) in [4.78, 5) is 20.5. The number of aryl methyl sites for hydroxylation is 2. The molecular formula is C34H40N6O2. The van der Waals surface area contributed by atoms with Crippen LogP contribution in [-0.2, 0) is 22.5 Å². The zero-order valence-corrected chi connectivity index (χ0v) is 24.6. The maximum Gasteiger partial charge on any atom is 0.224 e. The van der Waals surface area contributed by atoms with Crippen molar-refractivity contribution in [3.05, 3.63) is 83.8 Å². The summed E-state index contributed by atoms with van der Waals surface area (Å²) < 4.78 is 7.67. The number of H-pyrrole nitrogens is 1. The Morgan fingerprint density at radius 2 is 1.98 bits per heavy atom. The lowest BCUT2D eigenvalue weighted by Gasteiger charge is -2.33. The fourth-order valence-electron chi connectivity index (χ4n) is 6.32. The molecule has 8 nitrogen and oxygen atoms in total. The van der Waals surface area contributed by atoms with Crippen LogP contribution in [0.3, 0.4) is 0 Å². The summed E-state index contributed by atoms with van der Waals surface area (Å²) in [6.07, 6.45) is 5.77. The van der Waals surface area contributed by atoms with Gasteiger partial charge >= 0.3 is 0 Å². The zero-order valence-electron chi connectivity index (χ0n) is 24.6. The van der Waals surface area contributed by atoms with Crippen molar-refractivity contribution in [1.82, 2.24) is 24.6 Å². The molecule has 1 fully saturated rings. The van der Waals surface area contributed by atoms with Crippen molar-refractivity contribution in [1.29, 1.82) is 0 Å². The maximum atomic E-state index is 13.4. The first-order valence-electron chi connectivity index (χ1n) is 15.0. The molecule has 0 saturated carbocycles. The van der Waals surface area contributed by atoms with Gasteiger partial charge in [0.05, 0.1) is 22.7 Å². The molecule has 218 valence electrons. The molecule has 3 heterocycles. The highest BCUT2D eigenvalue weighted by Crippen LogP contribution is 2.31. The third kappa shape index (κ3) is 5.96. The summed E-state index contributed by atoms with van der Waals surface area (Å²) in [5, 5.41) is 8.20. The van der Waals surface area contributed by atoms with E-state index in [1.165, 1.54) is 11.1 Å². The number of ether oxygens (including phenoxy) is 1. The minimum absolute atomic E-state index is 0.135. The van der Waals surface area contributed by atoms with Crippen LogP contribution in [0.25, 0.3) is 33.1 Å². The summed E-state index contributed by atoms with van der Waals surface area (Å²) in [5.74, 6) is 1.43. The SMILES string of the molecule is COCCCn1c([C@@H]2CCCN(C(=O)C[C@H](N)Cc3ccc(-c4ccc5[nH]ncc5c4)cc3)C2)nc2c(C)cccc21. The van der Waals surface area contributed by atoms with Gasteiger partial charge in [-0.05, 0) is 73.1 Å². The van der Waals surface area contributed by atoms with Crippen LogP contribution in [0.15, 0.2) is 66.9 Å². The maximum absolute atomic E-state index is 13.4. The summed E-state index contributed by atoms with van der Waals surface area (Å²) >= 11 is 0. The first-order valence-corrected chi connectivity index (χ1v) is 15.0. The fourth-order valence-corrected chi connectivity index (χ4v) is 6.32. The molecule has 1 saturated heterocycles. The number of nitrogens with two attached hydrogens (primary N) is 1. The van der Waals surface area contributed by atoms with E-state index in [-0.39, 0.29) is 17.9 Å². The van der Waals surface area contributed by atoms with Crippen LogP contribution in [0.1, 0.15) is 48.6 Å². The molecule has 5 aromatic rings. The van der Waals surface area contributed by atoms with E-state index in [1.54, 1.807) is 7.11 Å². The molecule has 42 heavy (non-hydrogen) atoms. The number of methoxy groups -OCH3 is 1. The second-order valence-corrected chi connectivity index (χ2v) is 11.6. The molecular weight excluding hydrogens is 524 g/mol. The number of aromatic amines is 1. The van der Waals surface area contributed by atoms with Gasteiger partial charge in [0.15, 0.2) is 0 Å². The van der Waals surface area contributed by atoms with Crippen molar-refractivity contribution in [2.24, 2.45) is 5.73 Å². The highest BCUT2D eigenvalue weighted by atomic mass is 16.5. The Bertz CT molecular complexity index is 1670. The number of hydrogen-bond acceptors (Lipinski definition) is 5. The molecule has 0 unspecified atom stereocenters. The highest BCUT2D eigenvalue weighted by Gasteiger charge is 2.29. The number of fused-ring (bicyclic) bond motifs is 2. The van der Waals surface area contributed by atoms with Gasteiger partial charge in [-0.15, -0.1) is 0 Å². The Labute approximate surface area is 246 Å². The van der Waals surface area contributed by atoms with Crippen molar-refractivity contribution in [3.8, 4) is 11.1 Å². The van der Waals surface area contributed by atoms with Gasteiger partial charge in [0.25, 0.3) is 0 Å². The normalized spacial score (nSPS) is 16.4. The van der Waals surface area contributed by atoms with Gasteiger partial charge in [-0.2, -0.15) is 5.10 Å². The Morgan fingerprint density at radius 1 is 1.14 bits per heavy atom. The minimum Gasteiger partial charge on any atom is -0.385 e. The van der Waals surface area contributed by atoms with Gasteiger partial charge in [0, 0.05) is 57.1 Å². The Kier molecular flexibility index (Phi) is 8.35. The first-order chi connectivity index (χ1) is 20.5. The molecule has 2 atom stereocenters. The van der Waals surface area contributed by atoms with Crippen molar-refractivity contribution in [3.63, 3.8) is 0 Å². The molecule has 3 N–H and O–H groups in total. The summed E-state index contributed by atoms with van der Waals surface area (Å²) in [6.45, 7) is 5.15. The molecule has 2 aromatic heterocycles. The van der Waals surface area contributed by atoms with Crippen LogP contribution < -0.4 is 5.73 Å². The highest BCUT2D eigenvalue weighted by molar-refractivity contribution is 5.84. The number of carbonyl (C=O) groups excluding carboxylic acids is 1. The number of amides is 1. The van der Waals surface area contributed by atoms with Crippen LogP contribution in [-0.4, -0.2) is 63.4 Å². The first kappa shape index (κ1) is 28.1. The number of hydrogen-bond donors (Lipinski definition) is 2. The predicted octanol–water partition coefficient (Wildman–Crippen LogP) is 5.59. The van der Waals surface area contributed by atoms with Crippen molar-refractivity contribution in [2.75, 3.05) is 26.8 Å². The van der Waals surface area contributed by atoms with Gasteiger partial charge in [0.1, 0.15) is 5.82 Å². The smallest absolute Gasteiger partial charge is 0.224 e.